The highest BCUT2D eigenvalue weighted by molar-refractivity contribution is 5.48. The first kappa shape index (κ1) is 9.85. The third kappa shape index (κ3) is 1.61. The van der Waals surface area contributed by atoms with Crippen LogP contribution in [0.15, 0.2) is 24.5 Å². The number of nitrogens with one attached hydrogen (secondary N) is 1. The second-order valence-electron chi connectivity index (χ2n) is 4.62. The van der Waals surface area contributed by atoms with E-state index in [1.54, 1.807) is 0 Å². The van der Waals surface area contributed by atoms with Crippen LogP contribution in [-0.2, 0) is 0 Å². The largest absolute Gasteiger partial charge is 0.307 e. The topological polar surface area (TPSA) is 29.3 Å². The summed E-state index contributed by atoms with van der Waals surface area (Å²) in [5, 5.41) is 3.54. The molecular formula is C13H17N3. The first-order valence-corrected chi connectivity index (χ1v) is 6.01. The number of nitrogens with zero attached hydrogens (tertiary/aromatic N) is 2. The molecule has 0 saturated carbocycles. The minimum atomic E-state index is 0.430. The average molecular weight is 215 g/mol. The van der Waals surface area contributed by atoms with Gasteiger partial charge in [0.1, 0.15) is 5.82 Å². The van der Waals surface area contributed by atoms with Crippen molar-refractivity contribution in [3.05, 3.63) is 35.9 Å². The fourth-order valence-electron chi connectivity index (χ4n) is 2.46. The van der Waals surface area contributed by atoms with Gasteiger partial charge in [-0.3, -0.25) is 0 Å². The number of piperidine rings is 1. The number of hydrogen-bond acceptors (Lipinski definition) is 2. The maximum absolute atomic E-state index is 4.56. The van der Waals surface area contributed by atoms with Crippen molar-refractivity contribution < 1.29 is 0 Å². The van der Waals surface area contributed by atoms with Gasteiger partial charge >= 0.3 is 0 Å². The Kier molecular flexibility index (Phi) is 2.40. The summed E-state index contributed by atoms with van der Waals surface area (Å²) in [5.41, 5.74) is 2.48. The van der Waals surface area contributed by atoms with Crippen LogP contribution in [-0.4, -0.2) is 15.9 Å². The molecule has 1 aliphatic rings. The van der Waals surface area contributed by atoms with E-state index in [0.717, 1.165) is 12.4 Å². The minimum Gasteiger partial charge on any atom is -0.307 e. The summed E-state index contributed by atoms with van der Waals surface area (Å²) in [7, 11) is 0. The Balaban J connectivity index is 2.03. The predicted octanol–water partition coefficient (Wildman–Crippen LogP) is 2.46. The summed E-state index contributed by atoms with van der Waals surface area (Å²) < 4.78 is 2.20. The molecule has 0 aliphatic carbocycles. The lowest BCUT2D eigenvalue weighted by molar-refractivity contribution is 0.396. The molecule has 84 valence electrons. The second kappa shape index (κ2) is 3.91. The number of pyridine rings is 1. The van der Waals surface area contributed by atoms with Gasteiger partial charge in [-0.05, 0) is 44.0 Å². The standard InChI is InChI=1S/C13H17N3/c1-10-5-7-16-11(8-10)9-15-13(16)12-4-2-3-6-14-12/h5,7-9,12,14H,2-4,6H2,1H3. The molecular weight excluding hydrogens is 198 g/mol. The summed E-state index contributed by atoms with van der Waals surface area (Å²) in [6, 6.07) is 4.75. The SMILES string of the molecule is Cc1ccn2c(C3CCCCN3)ncc2c1. The van der Waals surface area contributed by atoms with E-state index in [1.807, 2.05) is 6.20 Å². The third-order valence-corrected chi connectivity index (χ3v) is 3.34. The predicted molar refractivity (Wildman–Crippen MR) is 64.5 cm³/mol. The molecule has 1 unspecified atom stereocenters. The van der Waals surface area contributed by atoms with Crippen molar-refractivity contribution in [2.24, 2.45) is 0 Å². The van der Waals surface area contributed by atoms with Crippen LogP contribution in [0.5, 0.6) is 0 Å². The van der Waals surface area contributed by atoms with Crippen LogP contribution in [0, 0.1) is 6.92 Å². The molecule has 0 amide bonds. The maximum atomic E-state index is 4.56. The number of aryl methyl sites for hydroxylation is 1. The minimum absolute atomic E-state index is 0.430. The van der Waals surface area contributed by atoms with Crippen molar-refractivity contribution >= 4 is 5.52 Å². The van der Waals surface area contributed by atoms with Crippen LogP contribution in [0.2, 0.25) is 0 Å². The molecule has 0 spiro atoms. The zero-order chi connectivity index (χ0) is 11.0. The lowest BCUT2D eigenvalue weighted by Gasteiger charge is -2.22. The summed E-state index contributed by atoms with van der Waals surface area (Å²) >= 11 is 0. The van der Waals surface area contributed by atoms with Crippen molar-refractivity contribution in [3.63, 3.8) is 0 Å². The Bertz CT molecular complexity index is 495. The summed E-state index contributed by atoms with van der Waals surface area (Å²) in [4.78, 5) is 4.56. The summed E-state index contributed by atoms with van der Waals surface area (Å²) in [6.07, 6.45) is 7.90. The van der Waals surface area contributed by atoms with Gasteiger partial charge in [-0.25, -0.2) is 4.98 Å². The molecule has 16 heavy (non-hydrogen) atoms. The highest BCUT2D eigenvalue weighted by atomic mass is 15.1. The van der Waals surface area contributed by atoms with Crippen molar-refractivity contribution in [3.8, 4) is 0 Å². The Labute approximate surface area is 95.5 Å². The summed E-state index contributed by atoms with van der Waals surface area (Å²) in [6.45, 7) is 3.23. The van der Waals surface area contributed by atoms with Gasteiger partial charge in [0.15, 0.2) is 0 Å². The average Bonchev–Trinajstić information content (AvgIpc) is 2.73. The van der Waals surface area contributed by atoms with Gasteiger partial charge in [-0.1, -0.05) is 6.42 Å². The number of hydrogen-bond donors (Lipinski definition) is 1. The Morgan fingerprint density at radius 3 is 3.19 bits per heavy atom. The molecule has 1 saturated heterocycles. The summed E-state index contributed by atoms with van der Waals surface area (Å²) in [5.74, 6) is 1.16. The molecule has 1 N–H and O–H groups in total. The van der Waals surface area contributed by atoms with E-state index in [2.05, 4.69) is 40.0 Å². The van der Waals surface area contributed by atoms with E-state index >= 15 is 0 Å². The fraction of sp³-hybridized carbons (Fsp3) is 0.462. The molecule has 3 heterocycles. The molecule has 3 nitrogen and oxygen atoms in total. The quantitative estimate of drug-likeness (QED) is 0.791. The molecule has 1 atom stereocenters. The van der Waals surface area contributed by atoms with Crippen LogP contribution in [0.1, 0.15) is 36.7 Å². The van der Waals surface area contributed by atoms with Gasteiger partial charge < -0.3 is 9.72 Å². The molecule has 0 radical (unpaired) electrons. The highest BCUT2D eigenvalue weighted by Crippen LogP contribution is 2.23. The van der Waals surface area contributed by atoms with E-state index in [1.165, 1.54) is 30.3 Å². The number of imidazole rings is 1. The smallest absolute Gasteiger partial charge is 0.130 e. The fourth-order valence-corrected chi connectivity index (χ4v) is 2.46. The maximum Gasteiger partial charge on any atom is 0.130 e. The highest BCUT2D eigenvalue weighted by Gasteiger charge is 2.18. The Morgan fingerprint density at radius 2 is 2.38 bits per heavy atom. The molecule has 3 heteroatoms. The molecule has 2 aromatic heterocycles. The number of fused-ring (bicyclic) bond motifs is 1. The Hall–Kier alpha value is -1.35. The third-order valence-electron chi connectivity index (χ3n) is 3.34. The number of rotatable bonds is 1. The molecule has 0 aromatic carbocycles. The van der Waals surface area contributed by atoms with Gasteiger partial charge in [-0.2, -0.15) is 0 Å². The van der Waals surface area contributed by atoms with Crippen molar-refractivity contribution in [1.82, 2.24) is 14.7 Å². The normalized spacial score (nSPS) is 21.4. The van der Waals surface area contributed by atoms with Crippen molar-refractivity contribution in [2.45, 2.75) is 32.2 Å². The van der Waals surface area contributed by atoms with Crippen LogP contribution in [0.25, 0.3) is 5.52 Å². The van der Waals surface area contributed by atoms with Gasteiger partial charge in [0.05, 0.1) is 17.8 Å². The lowest BCUT2D eigenvalue weighted by atomic mass is 10.0. The van der Waals surface area contributed by atoms with E-state index in [0.29, 0.717) is 6.04 Å². The van der Waals surface area contributed by atoms with E-state index in [4.69, 9.17) is 0 Å². The lowest BCUT2D eigenvalue weighted by Crippen LogP contribution is -2.28. The zero-order valence-corrected chi connectivity index (χ0v) is 9.61. The molecule has 0 bridgehead atoms. The van der Waals surface area contributed by atoms with Crippen LogP contribution in [0.3, 0.4) is 0 Å². The first-order chi connectivity index (χ1) is 7.84. The monoisotopic (exact) mass is 215 g/mol. The van der Waals surface area contributed by atoms with Crippen LogP contribution < -0.4 is 5.32 Å². The van der Waals surface area contributed by atoms with E-state index in [-0.39, 0.29) is 0 Å². The van der Waals surface area contributed by atoms with Crippen molar-refractivity contribution in [2.75, 3.05) is 6.54 Å². The van der Waals surface area contributed by atoms with Crippen LogP contribution >= 0.6 is 0 Å². The van der Waals surface area contributed by atoms with E-state index in [9.17, 15) is 0 Å². The van der Waals surface area contributed by atoms with Crippen LogP contribution in [0.4, 0.5) is 0 Å². The van der Waals surface area contributed by atoms with Crippen molar-refractivity contribution in [1.29, 1.82) is 0 Å². The second-order valence-corrected chi connectivity index (χ2v) is 4.62. The molecule has 1 fully saturated rings. The van der Waals surface area contributed by atoms with Gasteiger partial charge in [0.2, 0.25) is 0 Å². The molecule has 2 aromatic rings. The molecule has 3 rings (SSSR count). The Morgan fingerprint density at radius 1 is 1.44 bits per heavy atom. The molecule has 1 aliphatic heterocycles. The van der Waals surface area contributed by atoms with E-state index < -0.39 is 0 Å². The van der Waals surface area contributed by atoms with Gasteiger partial charge in [-0.15, -0.1) is 0 Å². The number of aromatic nitrogens is 2. The van der Waals surface area contributed by atoms with Gasteiger partial charge in [0, 0.05) is 6.20 Å². The first-order valence-electron chi connectivity index (χ1n) is 6.01. The zero-order valence-electron chi connectivity index (χ0n) is 9.61. The van der Waals surface area contributed by atoms with Gasteiger partial charge in [0.25, 0.3) is 0 Å².